The number of nitrogens with zero attached hydrogens (tertiary/aromatic N) is 1. The van der Waals surface area contributed by atoms with E-state index in [-0.39, 0.29) is 24.3 Å². The summed E-state index contributed by atoms with van der Waals surface area (Å²) in [7, 11) is 0. The number of nitriles is 1. The van der Waals surface area contributed by atoms with Crippen LogP contribution in [0.2, 0.25) is 0 Å². The zero-order valence-corrected chi connectivity index (χ0v) is 21.7. The predicted molar refractivity (Wildman–Crippen MR) is 141 cm³/mol. The van der Waals surface area contributed by atoms with Crippen molar-refractivity contribution in [1.82, 2.24) is 0 Å². The first-order valence-corrected chi connectivity index (χ1v) is 13.4. The lowest BCUT2D eigenvalue weighted by Gasteiger charge is -2.24. The number of carbonyl (C=O) groups is 1. The Morgan fingerprint density at radius 1 is 1.02 bits per heavy atom. The maximum Gasteiger partial charge on any atom is 0.304 e. The molecule has 9 heteroatoms. The average Bonchev–Trinajstić information content (AvgIpc) is 3.55. The molecule has 0 saturated carbocycles. The van der Waals surface area contributed by atoms with Crippen LogP contribution in [-0.2, 0) is 16.0 Å². The molecule has 2 aliphatic heterocycles. The molecular weight excluding hydrogens is 517 g/mol. The van der Waals surface area contributed by atoms with Crippen LogP contribution < -0.4 is 18.9 Å². The van der Waals surface area contributed by atoms with Gasteiger partial charge in [-0.1, -0.05) is 6.07 Å². The Bertz CT molecular complexity index is 1480. The fraction of sp³-hybridized carbons (Fsp3) is 0.355. The molecule has 1 fully saturated rings. The van der Waals surface area contributed by atoms with Gasteiger partial charge in [0.1, 0.15) is 52.8 Å². The summed E-state index contributed by atoms with van der Waals surface area (Å²) in [4.78, 5) is 11.1. The van der Waals surface area contributed by atoms with Gasteiger partial charge < -0.3 is 28.8 Å². The van der Waals surface area contributed by atoms with Gasteiger partial charge in [0.05, 0.1) is 31.8 Å². The number of benzene rings is 3. The van der Waals surface area contributed by atoms with Crippen molar-refractivity contribution >= 4 is 5.97 Å². The van der Waals surface area contributed by atoms with E-state index < -0.39 is 12.1 Å². The topological polar surface area (TPSA) is 107 Å². The number of hydrogen-bond donors (Lipinski definition) is 1. The number of ether oxygens (including phenoxy) is 5. The lowest BCUT2D eigenvalue weighted by Crippen LogP contribution is -2.26. The summed E-state index contributed by atoms with van der Waals surface area (Å²) in [6, 6.07) is 15.6. The van der Waals surface area contributed by atoms with E-state index in [1.807, 2.05) is 6.07 Å². The Labute approximate surface area is 230 Å². The summed E-state index contributed by atoms with van der Waals surface area (Å²) in [5.74, 6) is 1.16. The third-order valence-electron chi connectivity index (χ3n) is 7.57. The van der Waals surface area contributed by atoms with Crippen LogP contribution in [0.5, 0.6) is 28.7 Å². The first-order valence-electron chi connectivity index (χ1n) is 13.4. The van der Waals surface area contributed by atoms with Crippen LogP contribution >= 0.6 is 0 Å². The normalized spacial score (nSPS) is 19.7. The molecule has 6 rings (SSSR count). The number of hydrogen-bond acceptors (Lipinski definition) is 7. The molecule has 2 unspecified atom stereocenters. The standard InChI is InChI=1S/C31H28FNO7/c32-25-6-8-26(39-21-2-1-18(16-33)28(14-21)38-20-9-11-36-12-10-20)24-5-7-27(31(24)25)40-22-3-4-23-19(13-30(34)35)17-37-29(23)15-22/h1-4,6,8,14-15,19-20,27H,5,7,9-13,17H2,(H,34,35). The number of aliphatic carboxylic acids is 1. The van der Waals surface area contributed by atoms with E-state index >= 15 is 4.39 Å². The van der Waals surface area contributed by atoms with Gasteiger partial charge in [-0.05, 0) is 43.2 Å². The average molecular weight is 546 g/mol. The van der Waals surface area contributed by atoms with Gasteiger partial charge in [0.2, 0.25) is 0 Å². The molecule has 2 heterocycles. The van der Waals surface area contributed by atoms with Gasteiger partial charge in [0, 0.05) is 47.6 Å². The van der Waals surface area contributed by atoms with E-state index in [1.54, 1.807) is 36.4 Å². The monoisotopic (exact) mass is 545 g/mol. The Balaban J connectivity index is 1.20. The molecule has 0 aromatic heterocycles. The molecule has 206 valence electrons. The van der Waals surface area contributed by atoms with Crippen molar-refractivity contribution in [3.8, 4) is 34.8 Å². The molecule has 0 spiro atoms. The van der Waals surface area contributed by atoms with Crippen molar-refractivity contribution in [2.24, 2.45) is 0 Å². The highest BCUT2D eigenvalue weighted by Crippen LogP contribution is 2.44. The van der Waals surface area contributed by atoms with Crippen molar-refractivity contribution in [3.63, 3.8) is 0 Å². The molecule has 3 aromatic carbocycles. The second-order valence-electron chi connectivity index (χ2n) is 10.2. The largest absolute Gasteiger partial charge is 0.492 e. The summed E-state index contributed by atoms with van der Waals surface area (Å²) < 4.78 is 44.7. The van der Waals surface area contributed by atoms with Crippen LogP contribution in [0.3, 0.4) is 0 Å². The molecule has 3 aromatic rings. The summed E-state index contributed by atoms with van der Waals surface area (Å²) in [6.45, 7) is 1.55. The van der Waals surface area contributed by atoms with Gasteiger partial charge in [-0.25, -0.2) is 4.39 Å². The SMILES string of the molecule is N#Cc1ccc(Oc2ccc(F)c3c2CCC3Oc2ccc3c(c2)OCC3CC(=O)O)cc1OC1CCOCC1. The summed E-state index contributed by atoms with van der Waals surface area (Å²) in [5.41, 5.74) is 2.45. The van der Waals surface area contributed by atoms with Gasteiger partial charge in [-0.3, -0.25) is 4.79 Å². The quantitative estimate of drug-likeness (QED) is 0.364. The van der Waals surface area contributed by atoms with Gasteiger partial charge in [-0.15, -0.1) is 0 Å². The number of halogens is 1. The third-order valence-corrected chi connectivity index (χ3v) is 7.57. The van der Waals surface area contributed by atoms with Crippen molar-refractivity contribution in [1.29, 1.82) is 5.26 Å². The summed E-state index contributed by atoms with van der Waals surface area (Å²) in [6.07, 6.45) is 2.09. The predicted octanol–water partition coefficient (Wildman–Crippen LogP) is 6.06. The summed E-state index contributed by atoms with van der Waals surface area (Å²) in [5, 5.41) is 18.7. The van der Waals surface area contributed by atoms with Crippen molar-refractivity contribution < 1.29 is 38.0 Å². The van der Waals surface area contributed by atoms with Crippen LogP contribution in [0.25, 0.3) is 0 Å². The minimum absolute atomic E-state index is 0.000406. The molecule has 2 atom stereocenters. The van der Waals surface area contributed by atoms with Crippen LogP contribution in [0, 0.1) is 17.1 Å². The number of rotatable bonds is 8. The minimum Gasteiger partial charge on any atom is -0.492 e. The van der Waals surface area contributed by atoms with E-state index in [0.717, 1.165) is 24.0 Å². The van der Waals surface area contributed by atoms with E-state index in [0.29, 0.717) is 72.5 Å². The highest BCUT2D eigenvalue weighted by atomic mass is 19.1. The zero-order valence-electron chi connectivity index (χ0n) is 21.7. The first-order chi connectivity index (χ1) is 19.5. The van der Waals surface area contributed by atoms with Gasteiger partial charge >= 0.3 is 5.97 Å². The molecular formula is C31H28FNO7. The van der Waals surface area contributed by atoms with Crippen molar-refractivity contribution in [2.75, 3.05) is 19.8 Å². The number of carboxylic acid groups (broad SMARTS) is 1. The zero-order chi connectivity index (χ0) is 27.6. The van der Waals surface area contributed by atoms with Crippen LogP contribution in [0.15, 0.2) is 48.5 Å². The molecule has 0 amide bonds. The van der Waals surface area contributed by atoms with Crippen molar-refractivity contribution in [2.45, 2.75) is 50.2 Å². The Morgan fingerprint density at radius 3 is 2.65 bits per heavy atom. The molecule has 1 N–H and O–H groups in total. The molecule has 0 bridgehead atoms. The fourth-order valence-electron chi connectivity index (χ4n) is 5.59. The smallest absolute Gasteiger partial charge is 0.304 e. The molecule has 3 aliphatic rings. The third kappa shape index (κ3) is 5.27. The fourth-order valence-corrected chi connectivity index (χ4v) is 5.59. The lowest BCUT2D eigenvalue weighted by molar-refractivity contribution is -0.137. The van der Waals surface area contributed by atoms with Gasteiger partial charge in [0.15, 0.2) is 0 Å². The van der Waals surface area contributed by atoms with E-state index in [9.17, 15) is 10.1 Å². The minimum atomic E-state index is -0.873. The Morgan fingerprint density at radius 2 is 1.85 bits per heavy atom. The number of fused-ring (bicyclic) bond motifs is 2. The van der Waals surface area contributed by atoms with Gasteiger partial charge in [-0.2, -0.15) is 5.26 Å². The van der Waals surface area contributed by atoms with Crippen molar-refractivity contribution in [3.05, 3.63) is 76.6 Å². The maximum atomic E-state index is 15.1. The van der Waals surface area contributed by atoms with Gasteiger partial charge in [0.25, 0.3) is 0 Å². The lowest BCUT2D eigenvalue weighted by atomic mass is 9.98. The molecule has 8 nitrogen and oxygen atoms in total. The van der Waals surface area contributed by atoms with E-state index in [1.165, 1.54) is 6.07 Å². The Kier molecular flexibility index (Phi) is 7.18. The molecule has 1 saturated heterocycles. The van der Waals surface area contributed by atoms with Crippen LogP contribution in [0.4, 0.5) is 4.39 Å². The Hall–Kier alpha value is -4.29. The first kappa shape index (κ1) is 26.0. The number of carboxylic acids is 1. The van der Waals surface area contributed by atoms with Crippen LogP contribution in [0.1, 0.15) is 60.0 Å². The highest BCUT2D eigenvalue weighted by Gasteiger charge is 2.32. The highest BCUT2D eigenvalue weighted by molar-refractivity contribution is 5.69. The maximum absolute atomic E-state index is 15.1. The van der Waals surface area contributed by atoms with E-state index in [2.05, 4.69) is 6.07 Å². The second kappa shape index (κ2) is 11.1. The second-order valence-corrected chi connectivity index (χ2v) is 10.2. The van der Waals surface area contributed by atoms with Crippen LogP contribution in [-0.4, -0.2) is 37.0 Å². The molecule has 1 aliphatic carbocycles. The summed E-state index contributed by atoms with van der Waals surface area (Å²) >= 11 is 0. The van der Waals surface area contributed by atoms with E-state index in [4.69, 9.17) is 28.8 Å². The molecule has 40 heavy (non-hydrogen) atoms. The molecule has 0 radical (unpaired) electrons.